The van der Waals surface area contributed by atoms with E-state index in [0.29, 0.717) is 5.69 Å². The summed E-state index contributed by atoms with van der Waals surface area (Å²) in [4.78, 5) is 12.6. The number of benzene rings is 2. The molecule has 0 bridgehead atoms. The van der Waals surface area contributed by atoms with Gasteiger partial charge >= 0.3 is 6.09 Å². The van der Waals surface area contributed by atoms with Crippen LogP contribution in [0, 0.1) is 0 Å². The summed E-state index contributed by atoms with van der Waals surface area (Å²) in [5.74, 6) is 0. The number of rotatable bonds is 4. The molecule has 1 aromatic heterocycles. The van der Waals surface area contributed by atoms with Gasteiger partial charge < -0.3 is 4.74 Å². The van der Waals surface area contributed by atoms with Crippen LogP contribution in [0.3, 0.4) is 0 Å². The van der Waals surface area contributed by atoms with Crippen LogP contribution >= 0.6 is 0 Å². The molecule has 0 saturated heterocycles. The predicted molar refractivity (Wildman–Crippen MR) is 94.1 cm³/mol. The highest BCUT2D eigenvalue weighted by atomic mass is 16.5. The minimum absolute atomic E-state index is 0.228. The first-order chi connectivity index (χ1) is 11.3. The Hall–Kier alpha value is -3.07. The minimum atomic E-state index is -0.423. The first-order valence-corrected chi connectivity index (χ1v) is 7.35. The van der Waals surface area contributed by atoms with Gasteiger partial charge in [-0.2, -0.15) is 0 Å². The first kappa shape index (κ1) is 14.9. The maximum absolute atomic E-state index is 12.6. The molecule has 3 rings (SSSR count). The molecule has 0 aliphatic heterocycles. The van der Waals surface area contributed by atoms with Gasteiger partial charge in [0.2, 0.25) is 0 Å². The fourth-order valence-corrected chi connectivity index (χ4v) is 2.68. The van der Waals surface area contributed by atoms with E-state index >= 15 is 0 Å². The lowest BCUT2D eigenvalue weighted by atomic mass is 10.1. The van der Waals surface area contributed by atoms with Crippen LogP contribution in [0.2, 0.25) is 0 Å². The molecule has 23 heavy (non-hydrogen) atoms. The quantitative estimate of drug-likeness (QED) is 0.670. The van der Waals surface area contributed by atoms with Crippen molar-refractivity contribution in [3.63, 3.8) is 0 Å². The number of fused-ring (bicyclic) bond motifs is 1. The van der Waals surface area contributed by atoms with Crippen LogP contribution in [-0.2, 0) is 11.3 Å². The molecule has 0 N–H and O–H groups in total. The van der Waals surface area contributed by atoms with Gasteiger partial charge in [0.25, 0.3) is 0 Å². The van der Waals surface area contributed by atoms with E-state index in [9.17, 15) is 4.79 Å². The van der Waals surface area contributed by atoms with Crippen LogP contribution in [0.15, 0.2) is 67.8 Å². The second-order valence-electron chi connectivity index (χ2n) is 5.10. The highest BCUT2D eigenvalue weighted by Crippen LogP contribution is 2.28. The van der Waals surface area contributed by atoms with E-state index in [2.05, 4.69) is 13.2 Å². The third-order valence-electron chi connectivity index (χ3n) is 3.74. The Balaban J connectivity index is 2.00. The molecule has 0 atom stereocenters. The summed E-state index contributed by atoms with van der Waals surface area (Å²) in [5.41, 5.74) is 3.31. The van der Waals surface area contributed by atoms with Crippen molar-refractivity contribution in [2.75, 3.05) is 0 Å². The Morgan fingerprint density at radius 1 is 1.00 bits per heavy atom. The Morgan fingerprint density at radius 2 is 1.70 bits per heavy atom. The number of aromatic nitrogens is 1. The number of hydrogen-bond acceptors (Lipinski definition) is 2. The van der Waals surface area contributed by atoms with Crippen LogP contribution < -0.4 is 0 Å². The van der Waals surface area contributed by atoms with E-state index in [4.69, 9.17) is 4.74 Å². The van der Waals surface area contributed by atoms with Crippen molar-refractivity contribution in [3.8, 4) is 0 Å². The van der Waals surface area contributed by atoms with Gasteiger partial charge in [-0.25, -0.2) is 9.36 Å². The maximum atomic E-state index is 12.6. The van der Waals surface area contributed by atoms with Crippen molar-refractivity contribution in [3.05, 3.63) is 84.6 Å². The van der Waals surface area contributed by atoms with Crippen LogP contribution in [0.25, 0.3) is 23.1 Å². The highest BCUT2D eigenvalue weighted by Gasteiger charge is 2.18. The second-order valence-corrected chi connectivity index (χ2v) is 5.10. The molecule has 0 unspecified atom stereocenters. The van der Waals surface area contributed by atoms with Gasteiger partial charge in [0.1, 0.15) is 6.61 Å². The van der Waals surface area contributed by atoms with Gasteiger partial charge in [-0.05, 0) is 17.7 Å². The smallest absolute Gasteiger partial charge is 0.419 e. The summed E-state index contributed by atoms with van der Waals surface area (Å²) < 4.78 is 7.01. The van der Waals surface area contributed by atoms with Crippen molar-refractivity contribution in [1.29, 1.82) is 0 Å². The fourth-order valence-electron chi connectivity index (χ4n) is 2.68. The zero-order valence-corrected chi connectivity index (χ0v) is 12.7. The molecule has 0 radical (unpaired) electrons. The number of para-hydroxylation sites is 1. The zero-order valence-electron chi connectivity index (χ0n) is 12.7. The van der Waals surface area contributed by atoms with Crippen LogP contribution in [0.4, 0.5) is 4.79 Å². The topological polar surface area (TPSA) is 31.2 Å². The van der Waals surface area contributed by atoms with E-state index in [1.54, 1.807) is 16.7 Å². The molecule has 0 aliphatic rings. The molecule has 0 aliphatic carbocycles. The molecular weight excluding hydrogens is 286 g/mol. The SMILES string of the molecule is C=Cc1c(C=C)n(C(=O)OCc2ccccc2)c2ccccc12. The molecule has 2 aromatic carbocycles. The van der Waals surface area contributed by atoms with Crippen molar-refractivity contribution in [2.45, 2.75) is 6.61 Å². The van der Waals surface area contributed by atoms with Gasteiger partial charge in [-0.3, -0.25) is 0 Å². The molecular formula is C20H17NO2. The average Bonchev–Trinajstić information content (AvgIpc) is 2.94. The largest absolute Gasteiger partial charge is 0.444 e. The molecule has 3 heteroatoms. The summed E-state index contributed by atoms with van der Waals surface area (Å²) in [7, 11) is 0. The average molecular weight is 303 g/mol. The number of carbonyl (C=O) groups is 1. The van der Waals surface area contributed by atoms with E-state index in [0.717, 1.165) is 22.0 Å². The lowest BCUT2D eigenvalue weighted by Crippen LogP contribution is -2.15. The molecule has 0 fully saturated rings. The number of ether oxygens (including phenoxy) is 1. The van der Waals surface area contributed by atoms with Gasteiger partial charge in [-0.1, -0.05) is 67.8 Å². The summed E-state index contributed by atoms with van der Waals surface area (Å²) in [5, 5.41) is 0.953. The van der Waals surface area contributed by atoms with Gasteiger partial charge in [0.15, 0.2) is 0 Å². The Bertz CT molecular complexity index is 875. The first-order valence-electron chi connectivity index (χ1n) is 7.35. The van der Waals surface area contributed by atoms with E-state index in [1.807, 2.05) is 54.6 Å². The standard InChI is InChI=1S/C20H17NO2/c1-3-16-17-12-8-9-13-19(17)21(18(16)4-2)20(22)23-14-15-10-6-5-7-11-15/h3-13H,1-2,14H2. The van der Waals surface area contributed by atoms with Crippen LogP contribution in [-0.4, -0.2) is 10.7 Å². The van der Waals surface area contributed by atoms with Gasteiger partial charge in [0, 0.05) is 10.9 Å². The van der Waals surface area contributed by atoms with Crippen LogP contribution in [0.5, 0.6) is 0 Å². The Labute approximate surface area is 135 Å². The normalized spacial score (nSPS) is 10.4. The third-order valence-corrected chi connectivity index (χ3v) is 3.74. The van der Waals surface area contributed by atoms with E-state index in [-0.39, 0.29) is 6.61 Å². The highest BCUT2D eigenvalue weighted by molar-refractivity contribution is 5.99. The summed E-state index contributed by atoms with van der Waals surface area (Å²) in [6, 6.07) is 17.3. The Morgan fingerprint density at radius 3 is 2.39 bits per heavy atom. The number of hydrogen-bond donors (Lipinski definition) is 0. The van der Waals surface area contributed by atoms with Crippen molar-refractivity contribution in [2.24, 2.45) is 0 Å². The minimum Gasteiger partial charge on any atom is -0.444 e. The zero-order chi connectivity index (χ0) is 16.2. The molecule has 3 aromatic rings. The summed E-state index contributed by atoms with van der Waals surface area (Å²) >= 11 is 0. The number of nitrogens with zero attached hydrogens (tertiary/aromatic N) is 1. The molecule has 0 amide bonds. The van der Waals surface area contributed by atoms with Crippen molar-refractivity contribution >= 4 is 29.1 Å². The monoisotopic (exact) mass is 303 g/mol. The molecule has 0 spiro atoms. The molecule has 114 valence electrons. The fraction of sp³-hybridized carbons (Fsp3) is 0.0500. The number of carbonyl (C=O) groups excluding carboxylic acids is 1. The van der Waals surface area contributed by atoms with Crippen molar-refractivity contribution < 1.29 is 9.53 Å². The third kappa shape index (κ3) is 2.69. The lowest BCUT2D eigenvalue weighted by molar-refractivity contribution is 0.142. The molecule has 0 saturated carbocycles. The van der Waals surface area contributed by atoms with Gasteiger partial charge in [0.05, 0.1) is 11.2 Å². The lowest BCUT2D eigenvalue weighted by Gasteiger charge is -2.09. The molecule has 3 nitrogen and oxygen atoms in total. The molecule has 1 heterocycles. The van der Waals surface area contributed by atoms with Gasteiger partial charge in [-0.15, -0.1) is 0 Å². The van der Waals surface area contributed by atoms with Crippen molar-refractivity contribution in [1.82, 2.24) is 4.57 Å². The van der Waals surface area contributed by atoms with E-state index < -0.39 is 6.09 Å². The van der Waals surface area contributed by atoms with E-state index in [1.165, 1.54) is 0 Å². The second kappa shape index (κ2) is 6.36. The Kier molecular flexibility index (Phi) is 4.11. The maximum Gasteiger partial charge on any atom is 0.419 e. The predicted octanol–water partition coefficient (Wildman–Crippen LogP) is 5.11. The summed E-state index contributed by atoms with van der Waals surface area (Å²) in [6.45, 7) is 7.89. The van der Waals surface area contributed by atoms with Crippen LogP contribution in [0.1, 0.15) is 16.8 Å². The summed E-state index contributed by atoms with van der Waals surface area (Å²) in [6.07, 6.45) is 2.97.